The molecular formula is C24H29NO3. The van der Waals surface area contributed by atoms with Crippen molar-refractivity contribution < 1.29 is 14.3 Å². The molecule has 2 aromatic rings. The Balaban J connectivity index is 1.74. The Morgan fingerprint density at radius 1 is 0.964 bits per heavy atom. The first-order chi connectivity index (χ1) is 13.3. The third-order valence-corrected chi connectivity index (χ3v) is 5.16. The van der Waals surface area contributed by atoms with Crippen LogP contribution in [-0.4, -0.2) is 17.5 Å². The van der Waals surface area contributed by atoms with E-state index in [4.69, 9.17) is 4.74 Å². The average molecular weight is 380 g/mol. The fourth-order valence-electron chi connectivity index (χ4n) is 3.82. The molecule has 2 aromatic carbocycles. The fraction of sp³-hybridized carbons (Fsp3) is 0.417. The summed E-state index contributed by atoms with van der Waals surface area (Å²) in [7, 11) is 0. The highest BCUT2D eigenvalue weighted by atomic mass is 16.6. The summed E-state index contributed by atoms with van der Waals surface area (Å²) in [6, 6.07) is 17.4. The van der Waals surface area contributed by atoms with Crippen molar-refractivity contribution in [3.05, 3.63) is 71.3 Å². The van der Waals surface area contributed by atoms with Crippen molar-refractivity contribution in [1.29, 1.82) is 0 Å². The van der Waals surface area contributed by atoms with Gasteiger partial charge in [0.15, 0.2) is 5.78 Å². The predicted molar refractivity (Wildman–Crippen MR) is 110 cm³/mol. The van der Waals surface area contributed by atoms with Crippen molar-refractivity contribution in [3.8, 4) is 0 Å². The number of hydrogen-bond donors (Lipinski definition) is 1. The standard InChI is InChI=1S/C24H29NO3/c1-23(2,3)28-22(27)25-24(15-7-8-16-24)20-13-11-19(12-14-20)21(26)17-18-9-5-4-6-10-18/h4-6,9-14H,7-8,15-17H2,1-3H3,(H,25,27). The number of carbonyl (C=O) groups is 2. The molecule has 148 valence electrons. The number of ketones is 1. The molecule has 1 saturated carbocycles. The van der Waals surface area contributed by atoms with Crippen molar-refractivity contribution in [3.63, 3.8) is 0 Å². The summed E-state index contributed by atoms with van der Waals surface area (Å²) in [5, 5.41) is 3.11. The Labute approximate surface area is 167 Å². The first-order valence-electron chi connectivity index (χ1n) is 9.96. The minimum absolute atomic E-state index is 0.0957. The molecule has 0 atom stereocenters. The van der Waals surface area contributed by atoms with Crippen molar-refractivity contribution in [2.45, 2.75) is 64.0 Å². The van der Waals surface area contributed by atoms with Crippen LogP contribution in [0.1, 0.15) is 67.9 Å². The molecule has 0 saturated heterocycles. The molecule has 1 aliphatic carbocycles. The fourth-order valence-corrected chi connectivity index (χ4v) is 3.82. The molecule has 0 radical (unpaired) electrons. The maximum absolute atomic E-state index is 12.6. The minimum Gasteiger partial charge on any atom is -0.444 e. The number of hydrogen-bond acceptors (Lipinski definition) is 3. The van der Waals surface area contributed by atoms with Gasteiger partial charge in [0.2, 0.25) is 0 Å². The second-order valence-electron chi connectivity index (χ2n) is 8.58. The van der Waals surface area contributed by atoms with Gasteiger partial charge in [-0.25, -0.2) is 4.79 Å². The van der Waals surface area contributed by atoms with Crippen molar-refractivity contribution in [2.24, 2.45) is 0 Å². The number of rotatable bonds is 5. The van der Waals surface area contributed by atoms with Crippen LogP contribution in [0.2, 0.25) is 0 Å². The summed E-state index contributed by atoms with van der Waals surface area (Å²) in [6.45, 7) is 5.59. The minimum atomic E-state index is -0.530. The molecule has 1 aliphatic rings. The van der Waals surface area contributed by atoms with Crippen LogP contribution in [0.25, 0.3) is 0 Å². The maximum atomic E-state index is 12.6. The molecular weight excluding hydrogens is 350 g/mol. The van der Waals surface area contributed by atoms with Crippen LogP contribution in [0, 0.1) is 0 Å². The van der Waals surface area contributed by atoms with E-state index < -0.39 is 17.2 Å². The molecule has 1 N–H and O–H groups in total. The molecule has 0 aromatic heterocycles. The van der Waals surface area contributed by atoms with Crippen molar-refractivity contribution in [1.82, 2.24) is 5.32 Å². The summed E-state index contributed by atoms with van der Waals surface area (Å²) >= 11 is 0. The van der Waals surface area contributed by atoms with Gasteiger partial charge >= 0.3 is 6.09 Å². The lowest BCUT2D eigenvalue weighted by molar-refractivity contribution is 0.0453. The van der Waals surface area contributed by atoms with E-state index in [-0.39, 0.29) is 5.78 Å². The van der Waals surface area contributed by atoms with Gasteiger partial charge in [0, 0.05) is 12.0 Å². The largest absolute Gasteiger partial charge is 0.444 e. The molecule has 0 aliphatic heterocycles. The number of carbonyl (C=O) groups excluding carboxylic acids is 2. The first kappa shape index (κ1) is 20.1. The summed E-state index contributed by atoms with van der Waals surface area (Å²) in [5.41, 5.74) is 1.79. The van der Waals surface area contributed by atoms with E-state index in [9.17, 15) is 9.59 Å². The first-order valence-corrected chi connectivity index (χ1v) is 9.96. The predicted octanol–water partition coefficient (Wildman–Crippen LogP) is 5.41. The smallest absolute Gasteiger partial charge is 0.408 e. The van der Waals surface area contributed by atoms with Crippen LogP contribution in [0.4, 0.5) is 4.79 Å². The molecule has 28 heavy (non-hydrogen) atoms. The zero-order chi connectivity index (χ0) is 20.2. The second-order valence-corrected chi connectivity index (χ2v) is 8.58. The van der Waals surface area contributed by atoms with Crippen molar-refractivity contribution >= 4 is 11.9 Å². The van der Waals surface area contributed by atoms with Gasteiger partial charge in [-0.2, -0.15) is 0 Å². The van der Waals surface area contributed by atoms with Crippen LogP contribution in [0.15, 0.2) is 54.6 Å². The van der Waals surface area contributed by atoms with Crippen molar-refractivity contribution in [2.75, 3.05) is 0 Å². The van der Waals surface area contributed by atoms with Gasteiger partial charge in [0.05, 0.1) is 5.54 Å². The van der Waals surface area contributed by atoms with E-state index in [0.717, 1.165) is 36.8 Å². The Bertz CT molecular complexity index is 813. The Morgan fingerprint density at radius 2 is 1.57 bits per heavy atom. The Kier molecular flexibility index (Phi) is 5.87. The normalized spacial score (nSPS) is 15.8. The highest BCUT2D eigenvalue weighted by molar-refractivity contribution is 5.97. The third kappa shape index (κ3) is 5.00. The summed E-state index contributed by atoms with van der Waals surface area (Å²) < 4.78 is 5.47. The van der Waals surface area contributed by atoms with E-state index in [2.05, 4.69) is 5.32 Å². The van der Waals surface area contributed by atoms with Crippen LogP contribution in [-0.2, 0) is 16.7 Å². The lowest BCUT2D eigenvalue weighted by atomic mass is 9.87. The van der Waals surface area contributed by atoms with Gasteiger partial charge < -0.3 is 10.1 Å². The van der Waals surface area contributed by atoms with Gasteiger partial charge in [-0.3, -0.25) is 4.79 Å². The van der Waals surface area contributed by atoms with Gasteiger partial charge in [-0.15, -0.1) is 0 Å². The Hall–Kier alpha value is -2.62. The third-order valence-electron chi connectivity index (χ3n) is 5.16. The summed E-state index contributed by atoms with van der Waals surface area (Å²) in [6.07, 6.45) is 3.88. The van der Waals surface area contributed by atoms with Crippen LogP contribution in [0.3, 0.4) is 0 Å². The highest BCUT2D eigenvalue weighted by Crippen LogP contribution is 2.39. The quantitative estimate of drug-likeness (QED) is 0.707. The van der Waals surface area contributed by atoms with E-state index in [1.54, 1.807) is 0 Å². The van der Waals surface area contributed by atoms with Crippen LogP contribution < -0.4 is 5.32 Å². The van der Waals surface area contributed by atoms with E-state index in [1.165, 1.54) is 0 Å². The molecule has 1 fully saturated rings. The summed E-state index contributed by atoms with van der Waals surface area (Å²) in [5.74, 6) is 0.0957. The average Bonchev–Trinajstić information content (AvgIpc) is 3.10. The van der Waals surface area contributed by atoms with Crippen LogP contribution in [0.5, 0.6) is 0 Å². The number of alkyl carbamates (subject to hydrolysis) is 1. The number of ether oxygens (including phenoxy) is 1. The molecule has 1 amide bonds. The van der Waals surface area contributed by atoms with Gasteiger partial charge in [0.1, 0.15) is 5.60 Å². The molecule has 4 nitrogen and oxygen atoms in total. The molecule has 0 heterocycles. The zero-order valence-corrected chi connectivity index (χ0v) is 17.0. The van der Waals surface area contributed by atoms with E-state index in [1.807, 2.05) is 75.4 Å². The number of benzene rings is 2. The zero-order valence-electron chi connectivity index (χ0n) is 17.0. The van der Waals surface area contributed by atoms with Gasteiger partial charge in [0.25, 0.3) is 0 Å². The maximum Gasteiger partial charge on any atom is 0.408 e. The summed E-state index contributed by atoms with van der Waals surface area (Å²) in [4.78, 5) is 25.0. The molecule has 0 bridgehead atoms. The lowest BCUT2D eigenvalue weighted by Crippen LogP contribution is -2.46. The lowest BCUT2D eigenvalue weighted by Gasteiger charge is -2.32. The van der Waals surface area contributed by atoms with E-state index in [0.29, 0.717) is 12.0 Å². The molecule has 0 spiro atoms. The molecule has 4 heteroatoms. The van der Waals surface area contributed by atoms with Gasteiger partial charge in [-0.1, -0.05) is 67.4 Å². The highest BCUT2D eigenvalue weighted by Gasteiger charge is 2.38. The SMILES string of the molecule is CC(C)(C)OC(=O)NC1(c2ccc(C(=O)Cc3ccccc3)cc2)CCCC1. The number of Topliss-reactive ketones (excluding diaryl/α,β-unsaturated/α-hetero) is 1. The monoisotopic (exact) mass is 379 g/mol. The molecule has 3 rings (SSSR count). The van der Waals surface area contributed by atoms with E-state index >= 15 is 0 Å². The number of amides is 1. The van der Waals surface area contributed by atoms with Gasteiger partial charge in [-0.05, 0) is 44.7 Å². The second kappa shape index (κ2) is 8.17. The topological polar surface area (TPSA) is 55.4 Å². The molecule has 0 unspecified atom stereocenters. The van der Waals surface area contributed by atoms with Crippen LogP contribution >= 0.6 is 0 Å². The number of nitrogens with one attached hydrogen (secondary N) is 1. The Morgan fingerprint density at radius 3 is 2.14 bits per heavy atom.